The number of nitrogens with one attached hydrogen (secondary N) is 1. The Balaban J connectivity index is 2.77. The van der Waals surface area contributed by atoms with Gasteiger partial charge in [0.05, 0.1) is 12.2 Å². The summed E-state index contributed by atoms with van der Waals surface area (Å²) in [5.41, 5.74) is -1.05. The predicted octanol–water partition coefficient (Wildman–Crippen LogP) is 3.38. The van der Waals surface area contributed by atoms with Crippen LogP contribution in [-0.2, 0) is 14.3 Å². The molecule has 8 heteroatoms. The molecule has 0 saturated carbocycles. The Morgan fingerprint density at radius 1 is 1.19 bits per heavy atom. The highest BCUT2D eigenvalue weighted by Crippen LogP contribution is 2.14. The average molecular weight is 371 g/mol. The number of rotatable bonds is 7. The van der Waals surface area contributed by atoms with Crippen molar-refractivity contribution in [2.24, 2.45) is 0 Å². The molecule has 144 valence electrons. The van der Waals surface area contributed by atoms with E-state index < -0.39 is 41.1 Å². The summed E-state index contributed by atoms with van der Waals surface area (Å²) in [6, 6.07) is 1.48. The quantitative estimate of drug-likeness (QED) is 0.587. The van der Waals surface area contributed by atoms with Crippen molar-refractivity contribution in [3.05, 3.63) is 35.4 Å². The normalized spacial score (nSPS) is 12.2. The van der Waals surface area contributed by atoms with Gasteiger partial charge in [-0.05, 0) is 46.2 Å². The van der Waals surface area contributed by atoms with Crippen LogP contribution >= 0.6 is 0 Å². The molecule has 0 aliphatic rings. The minimum atomic E-state index is -1.13. The van der Waals surface area contributed by atoms with Gasteiger partial charge in [-0.2, -0.15) is 0 Å². The zero-order chi connectivity index (χ0) is 19.9. The zero-order valence-corrected chi connectivity index (χ0v) is 15.2. The molecular weight excluding hydrogens is 348 g/mol. The highest BCUT2D eigenvalue weighted by atomic mass is 19.1. The number of carbonyl (C=O) groups is 3. The highest BCUT2D eigenvalue weighted by molar-refractivity contribution is 5.96. The molecule has 1 N–H and O–H groups in total. The number of esters is 1. The summed E-state index contributed by atoms with van der Waals surface area (Å²) in [5, 5.41) is 2.35. The number of ether oxygens (including phenoxy) is 2. The topological polar surface area (TPSA) is 81.7 Å². The van der Waals surface area contributed by atoms with Crippen molar-refractivity contribution in [2.75, 3.05) is 6.61 Å². The largest absolute Gasteiger partial charge is 0.464 e. The monoisotopic (exact) mass is 371 g/mol. The van der Waals surface area contributed by atoms with Gasteiger partial charge in [-0.15, -0.1) is 0 Å². The molecule has 0 aromatic heterocycles. The summed E-state index contributed by atoms with van der Waals surface area (Å²) in [6.45, 7) is 6.67. The fourth-order valence-corrected chi connectivity index (χ4v) is 2.07. The number of carbonyl (C=O) groups excluding carboxylic acids is 3. The summed E-state index contributed by atoms with van der Waals surface area (Å²) < 4.78 is 36.5. The molecule has 26 heavy (non-hydrogen) atoms. The van der Waals surface area contributed by atoms with Crippen LogP contribution in [0.25, 0.3) is 0 Å². The van der Waals surface area contributed by atoms with E-state index >= 15 is 0 Å². The van der Waals surface area contributed by atoms with E-state index in [1.54, 1.807) is 27.7 Å². The van der Waals surface area contributed by atoms with Gasteiger partial charge in [0, 0.05) is 12.5 Å². The standard InChI is InChI=1S/C18H23F2NO5/c1-5-25-16(23)14(21-17(24)26-18(2,3)4)8-9-15(22)12-7-6-11(19)10-13(12)20/h6-7,10,14H,5,8-9H2,1-4H3,(H,21,24)/t14-/m1/s1. The van der Waals surface area contributed by atoms with Crippen LogP contribution in [0.3, 0.4) is 0 Å². The van der Waals surface area contributed by atoms with Crippen LogP contribution in [0, 0.1) is 11.6 Å². The number of ketones is 1. The summed E-state index contributed by atoms with van der Waals surface area (Å²) >= 11 is 0. The Bertz CT molecular complexity index is 670. The third kappa shape index (κ3) is 7.16. The van der Waals surface area contributed by atoms with Crippen LogP contribution in [0.1, 0.15) is 50.9 Å². The summed E-state index contributed by atoms with van der Waals surface area (Å²) in [6.07, 6.45) is -1.20. The maximum absolute atomic E-state index is 13.7. The third-order valence-corrected chi connectivity index (χ3v) is 3.15. The summed E-state index contributed by atoms with van der Waals surface area (Å²) in [5.74, 6) is -3.13. The van der Waals surface area contributed by atoms with Crippen molar-refractivity contribution in [3.63, 3.8) is 0 Å². The summed E-state index contributed by atoms with van der Waals surface area (Å²) in [7, 11) is 0. The van der Waals surface area contributed by atoms with Crippen molar-refractivity contribution in [1.82, 2.24) is 5.32 Å². The molecule has 1 aromatic rings. The molecular formula is C18H23F2NO5. The van der Waals surface area contributed by atoms with Crippen molar-refractivity contribution < 1.29 is 32.6 Å². The molecule has 0 fully saturated rings. The number of alkyl carbamates (subject to hydrolysis) is 1. The van der Waals surface area contributed by atoms with E-state index in [1.165, 1.54) is 0 Å². The van der Waals surface area contributed by atoms with Gasteiger partial charge >= 0.3 is 12.1 Å². The van der Waals surface area contributed by atoms with Gasteiger partial charge < -0.3 is 14.8 Å². The Labute approximate surface area is 150 Å². The maximum atomic E-state index is 13.7. The predicted molar refractivity (Wildman–Crippen MR) is 89.7 cm³/mol. The van der Waals surface area contributed by atoms with E-state index in [2.05, 4.69) is 5.32 Å². The van der Waals surface area contributed by atoms with Gasteiger partial charge in [0.15, 0.2) is 5.78 Å². The van der Waals surface area contributed by atoms with Gasteiger partial charge in [0.25, 0.3) is 0 Å². The molecule has 0 unspecified atom stereocenters. The highest BCUT2D eigenvalue weighted by Gasteiger charge is 2.26. The van der Waals surface area contributed by atoms with Crippen molar-refractivity contribution in [2.45, 2.75) is 52.2 Å². The Hall–Kier alpha value is -2.51. The average Bonchev–Trinajstić information content (AvgIpc) is 2.49. The molecule has 0 heterocycles. The van der Waals surface area contributed by atoms with E-state index in [-0.39, 0.29) is 25.0 Å². The molecule has 6 nitrogen and oxygen atoms in total. The molecule has 1 aromatic carbocycles. The molecule has 0 aliphatic heterocycles. The second-order valence-corrected chi connectivity index (χ2v) is 6.54. The Morgan fingerprint density at radius 2 is 1.85 bits per heavy atom. The molecule has 0 radical (unpaired) electrons. The van der Waals surface area contributed by atoms with Gasteiger partial charge in [0.2, 0.25) is 0 Å². The number of halogens is 2. The lowest BCUT2D eigenvalue weighted by molar-refractivity contribution is -0.145. The van der Waals surface area contributed by atoms with Crippen LogP contribution in [-0.4, -0.2) is 36.1 Å². The van der Waals surface area contributed by atoms with Crippen molar-refractivity contribution in [1.29, 1.82) is 0 Å². The van der Waals surface area contributed by atoms with Crippen LogP contribution in [0.5, 0.6) is 0 Å². The lowest BCUT2D eigenvalue weighted by atomic mass is 10.0. The van der Waals surface area contributed by atoms with E-state index in [0.717, 1.165) is 12.1 Å². The minimum absolute atomic E-state index is 0.0892. The SMILES string of the molecule is CCOC(=O)[C@@H](CCC(=O)c1ccc(F)cc1F)NC(=O)OC(C)(C)C. The van der Waals surface area contributed by atoms with Crippen LogP contribution in [0.15, 0.2) is 18.2 Å². The van der Waals surface area contributed by atoms with Gasteiger partial charge in [-0.1, -0.05) is 0 Å². The van der Waals surface area contributed by atoms with E-state index in [9.17, 15) is 23.2 Å². The van der Waals surface area contributed by atoms with Gasteiger partial charge in [0.1, 0.15) is 23.3 Å². The first kappa shape index (κ1) is 21.5. The van der Waals surface area contributed by atoms with Crippen molar-refractivity contribution >= 4 is 17.8 Å². The van der Waals surface area contributed by atoms with Crippen molar-refractivity contribution in [3.8, 4) is 0 Å². The first-order valence-corrected chi connectivity index (χ1v) is 8.18. The first-order valence-electron chi connectivity index (χ1n) is 8.18. The number of benzene rings is 1. The first-order chi connectivity index (χ1) is 12.0. The second kappa shape index (κ2) is 9.26. The number of amides is 1. The van der Waals surface area contributed by atoms with Gasteiger partial charge in [-0.25, -0.2) is 18.4 Å². The van der Waals surface area contributed by atoms with Crippen LogP contribution in [0.4, 0.5) is 13.6 Å². The fourth-order valence-electron chi connectivity index (χ4n) is 2.07. The Morgan fingerprint density at radius 3 is 2.38 bits per heavy atom. The molecule has 1 amide bonds. The Kier molecular flexibility index (Phi) is 7.67. The van der Waals surface area contributed by atoms with Crippen LogP contribution < -0.4 is 5.32 Å². The lowest BCUT2D eigenvalue weighted by Gasteiger charge is -2.22. The van der Waals surface area contributed by atoms with E-state index in [1.807, 2.05) is 0 Å². The molecule has 0 spiro atoms. The molecule has 0 saturated heterocycles. The van der Waals surface area contributed by atoms with Crippen LogP contribution in [0.2, 0.25) is 0 Å². The molecule has 0 bridgehead atoms. The third-order valence-electron chi connectivity index (χ3n) is 3.15. The van der Waals surface area contributed by atoms with E-state index in [4.69, 9.17) is 9.47 Å². The number of hydrogen-bond donors (Lipinski definition) is 1. The fraction of sp³-hybridized carbons (Fsp3) is 0.500. The minimum Gasteiger partial charge on any atom is -0.464 e. The molecule has 1 atom stereocenters. The maximum Gasteiger partial charge on any atom is 0.408 e. The molecule has 0 aliphatic carbocycles. The lowest BCUT2D eigenvalue weighted by Crippen LogP contribution is -2.44. The van der Waals surface area contributed by atoms with Gasteiger partial charge in [-0.3, -0.25) is 4.79 Å². The smallest absolute Gasteiger partial charge is 0.408 e. The number of Topliss-reactive ketones (excluding diaryl/α,β-unsaturated/α-hetero) is 1. The number of hydrogen-bond acceptors (Lipinski definition) is 5. The second-order valence-electron chi connectivity index (χ2n) is 6.54. The van der Waals surface area contributed by atoms with E-state index in [0.29, 0.717) is 6.07 Å². The molecule has 1 rings (SSSR count). The summed E-state index contributed by atoms with van der Waals surface area (Å²) in [4.78, 5) is 36.0. The zero-order valence-electron chi connectivity index (χ0n) is 15.2.